The second-order valence-corrected chi connectivity index (χ2v) is 4.07. The summed E-state index contributed by atoms with van der Waals surface area (Å²) in [6.07, 6.45) is 3.54. The van der Waals surface area contributed by atoms with E-state index in [9.17, 15) is 0 Å². The molecule has 0 radical (unpaired) electrons. The van der Waals surface area contributed by atoms with Crippen LogP contribution in [-0.2, 0) is 6.42 Å². The normalized spacial score (nSPS) is 10.4. The lowest BCUT2D eigenvalue weighted by Gasteiger charge is -1.90. The van der Waals surface area contributed by atoms with Gasteiger partial charge in [-0.2, -0.15) is 0 Å². The first kappa shape index (κ1) is 9.03. The van der Waals surface area contributed by atoms with E-state index in [1.54, 1.807) is 11.3 Å². The first-order valence-corrected chi connectivity index (χ1v) is 5.44. The van der Waals surface area contributed by atoms with Crippen molar-refractivity contribution in [1.82, 2.24) is 4.98 Å². The van der Waals surface area contributed by atoms with Crippen molar-refractivity contribution in [3.05, 3.63) is 11.1 Å². The van der Waals surface area contributed by atoms with Crippen LogP contribution in [0.5, 0.6) is 0 Å². The van der Waals surface area contributed by atoms with Crippen molar-refractivity contribution in [3.8, 4) is 0 Å². The second-order valence-electron chi connectivity index (χ2n) is 2.33. The SMILES string of the molecule is CCCCc1csc(SN)n1. The van der Waals surface area contributed by atoms with Gasteiger partial charge in [-0.25, -0.2) is 4.98 Å². The van der Waals surface area contributed by atoms with Gasteiger partial charge >= 0.3 is 0 Å². The van der Waals surface area contributed by atoms with Crippen LogP contribution in [0.3, 0.4) is 0 Å². The number of nitrogens with zero attached hydrogens (tertiary/aromatic N) is 1. The molecule has 0 bridgehead atoms. The quantitative estimate of drug-likeness (QED) is 0.738. The molecule has 0 atom stereocenters. The number of rotatable bonds is 4. The molecule has 0 spiro atoms. The lowest BCUT2D eigenvalue weighted by atomic mass is 10.2. The summed E-state index contributed by atoms with van der Waals surface area (Å²) < 4.78 is 0.969. The van der Waals surface area contributed by atoms with E-state index in [1.807, 2.05) is 0 Å². The first-order chi connectivity index (χ1) is 5.36. The summed E-state index contributed by atoms with van der Waals surface area (Å²) in [7, 11) is 0. The lowest BCUT2D eigenvalue weighted by molar-refractivity contribution is 0.776. The van der Waals surface area contributed by atoms with Crippen molar-refractivity contribution in [3.63, 3.8) is 0 Å². The molecular weight excluding hydrogens is 176 g/mol. The van der Waals surface area contributed by atoms with Gasteiger partial charge < -0.3 is 0 Å². The number of nitrogens with two attached hydrogens (primary N) is 1. The Hall–Kier alpha value is -0.0600. The number of hydrogen-bond donors (Lipinski definition) is 1. The van der Waals surface area contributed by atoms with E-state index in [0.717, 1.165) is 10.8 Å². The molecular formula is C7H12N2S2. The maximum atomic E-state index is 5.36. The van der Waals surface area contributed by atoms with Crippen LogP contribution >= 0.6 is 23.3 Å². The Kier molecular flexibility index (Phi) is 3.90. The van der Waals surface area contributed by atoms with Gasteiger partial charge in [-0.1, -0.05) is 13.3 Å². The Bertz CT molecular complexity index is 210. The van der Waals surface area contributed by atoms with Crippen LogP contribution in [0.25, 0.3) is 0 Å². The Morgan fingerprint density at radius 2 is 2.55 bits per heavy atom. The summed E-state index contributed by atoms with van der Waals surface area (Å²) in [6, 6.07) is 0. The van der Waals surface area contributed by atoms with E-state index in [1.165, 1.54) is 30.5 Å². The molecule has 1 heterocycles. The predicted molar refractivity (Wildman–Crippen MR) is 50.8 cm³/mol. The fourth-order valence-corrected chi connectivity index (χ4v) is 1.93. The number of hydrogen-bond acceptors (Lipinski definition) is 4. The Balaban J connectivity index is 2.44. The van der Waals surface area contributed by atoms with Gasteiger partial charge in [0.1, 0.15) is 0 Å². The maximum absolute atomic E-state index is 5.36. The zero-order chi connectivity index (χ0) is 8.10. The second kappa shape index (κ2) is 4.74. The minimum Gasteiger partial charge on any atom is -0.272 e. The zero-order valence-corrected chi connectivity index (χ0v) is 8.17. The fourth-order valence-electron chi connectivity index (χ4n) is 0.815. The summed E-state index contributed by atoms with van der Waals surface area (Å²) in [5, 5.41) is 7.44. The molecule has 4 heteroatoms. The predicted octanol–water partition coefficient (Wildman–Crippen LogP) is 2.45. The Labute approximate surface area is 75.3 Å². The number of aryl methyl sites for hydroxylation is 1. The van der Waals surface area contributed by atoms with Gasteiger partial charge in [0.25, 0.3) is 0 Å². The van der Waals surface area contributed by atoms with Crippen LogP contribution in [0.1, 0.15) is 25.5 Å². The van der Waals surface area contributed by atoms with E-state index in [2.05, 4.69) is 17.3 Å². The summed E-state index contributed by atoms with van der Waals surface area (Å²) in [6.45, 7) is 2.19. The molecule has 0 aliphatic rings. The molecule has 0 aromatic carbocycles. The molecule has 0 saturated heterocycles. The van der Waals surface area contributed by atoms with E-state index in [0.29, 0.717) is 0 Å². The van der Waals surface area contributed by atoms with Crippen LogP contribution in [0.15, 0.2) is 9.72 Å². The third kappa shape index (κ3) is 2.81. The van der Waals surface area contributed by atoms with Crippen LogP contribution < -0.4 is 5.14 Å². The third-order valence-corrected chi connectivity index (χ3v) is 2.97. The number of aromatic nitrogens is 1. The standard InChI is InChI=1S/C7H12N2S2/c1-2-3-4-6-5-10-7(9-6)11-8/h5H,2-4,8H2,1H3. The van der Waals surface area contributed by atoms with E-state index in [-0.39, 0.29) is 0 Å². The van der Waals surface area contributed by atoms with E-state index < -0.39 is 0 Å². The molecule has 2 nitrogen and oxygen atoms in total. The highest BCUT2D eigenvalue weighted by Crippen LogP contribution is 2.18. The number of unbranched alkanes of at least 4 members (excludes halogenated alkanes) is 1. The van der Waals surface area contributed by atoms with Gasteiger partial charge in [0.05, 0.1) is 5.69 Å². The van der Waals surface area contributed by atoms with Crippen molar-refractivity contribution in [2.45, 2.75) is 30.5 Å². The summed E-state index contributed by atoms with van der Waals surface area (Å²) >= 11 is 2.86. The van der Waals surface area contributed by atoms with Gasteiger partial charge in [0.2, 0.25) is 0 Å². The highest BCUT2D eigenvalue weighted by atomic mass is 32.2. The van der Waals surface area contributed by atoms with Gasteiger partial charge in [0.15, 0.2) is 4.34 Å². The molecule has 2 N–H and O–H groups in total. The van der Waals surface area contributed by atoms with Crippen LogP contribution in [-0.4, -0.2) is 4.98 Å². The zero-order valence-electron chi connectivity index (χ0n) is 6.54. The molecule has 1 rings (SSSR count). The van der Waals surface area contributed by atoms with Crippen molar-refractivity contribution >= 4 is 23.3 Å². The smallest absolute Gasteiger partial charge is 0.164 e. The summed E-state index contributed by atoms with van der Waals surface area (Å²) in [5.74, 6) is 0. The fraction of sp³-hybridized carbons (Fsp3) is 0.571. The summed E-state index contributed by atoms with van der Waals surface area (Å²) in [5.41, 5.74) is 1.18. The topological polar surface area (TPSA) is 38.9 Å². The van der Waals surface area contributed by atoms with Crippen molar-refractivity contribution in [1.29, 1.82) is 0 Å². The minimum absolute atomic E-state index is 0.969. The Morgan fingerprint density at radius 1 is 1.73 bits per heavy atom. The van der Waals surface area contributed by atoms with Gasteiger partial charge in [-0.3, -0.25) is 5.14 Å². The van der Waals surface area contributed by atoms with Gasteiger partial charge in [-0.15, -0.1) is 11.3 Å². The maximum Gasteiger partial charge on any atom is 0.164 e. The molecule has 0 aliphatic carbocycles. The monoisotopic (exact) mass is 188 g/mol. The van der Waals surface area contributed by atoms with Crippen molar-refractivity contribution < 1.29 is 0 Å². The van der Waals surface area contributed by atoms with E-state index >= 15 is 0 Å². The molecule has 0 unspecified atom stereocenters. The molecule has 0 fully saturated rings. The van der Waals surface area contributed by atoms with Gasteiger partial charge in [-0.05, 0) is 24.8 Å². The molecule has 62 valence electrons. The highest BCUT2D eigenvalue weighted by molar-refractivity contribution is 7.98. The number of thiazole rings is 1. The summed E-state index contributed by atoms with van der Waals surface area (Å²) in [4.78, 5) is 4.32. The third-order valence-electron chi connectivity index (χ3n) is 1.42. The lowest BCUT2D eigenvalue weighted by Crippen LogP contribution is -1.84. The molecule has 0 aliphatic heterocycles. The molecule has 1 aromatic heterocycles. The van der Waals surface area contributed by atoms with Crippen LogP contribution in [0.4, 0.5) is 0 Å². The molecule has 1 aromatic rings. The molecule has 0 saturated carbocycles. The van der Waals surface area contributed by atoms with Crippen LogP contribution in [0, 0.1) is 0 Å². The average molecular weight is 188 g/mol. The molecule has 0 amide bonds. The van der Waals surface area contributed by atoms with E-state index in [4.69, 9.17) is 5.14 Å². The van der Waals surface area contributed by atoms with Crippen LogP contribution in [0.2, 0.25) is 0 Å². The van der Waals surface area contributed by atoms with Gasteiger partial charge in [0, 0.05) is 5.38 Å². The largest absolute Gasteiger partial charge is 0.272 e. The van der Waals surface area contributed by atoms with Crippen molar-refractivity contribution in [2.75, 3.05) is 0 Å². The highest BCUT2D eigenvalue weighted by Gasteiger charge is 1.99. The first-order valence-electron chi connectivity index (χ1n) is 3.68. The average Bonchev–Trinajstić information content (AvgIpc) is 2.48. The van der Waals surface area contributed by atoms with Crippen molar-refractivity contribution in [2.24, 2.45) is 5.14 Å². The minimum atomic E-state index is 0.969. The molecule has 11 heavy (non-hydrogen) atoms. The Morgan fingerprint density at radius 3 is 3.09 bits per heavy atom.